The molecule has 1 atom stereocenters. The van der Waals surface area contributed by atoms with Gasteiger partial charge in [0.1, 0.15) is 12.9 Å². The second-order valence-corrected chi connectivity index (χ2v) is 5.55. The zero-order chi connectivity index (χ0) is 16.4. The summed E-state index contributed by atoms with van der Waals surface area (Å²) in [5.74, 6) is -3.00. The van der Waals surface area contributed by atoms with Crippen molar-refractivity contribution >= 4 is 5.91 Å². The molecular weight excluding hydrogens is 306 g/mol. The summed E-state index contributed by atoms with van der Waals surface area (Å²) in [6.07, 6.45) is 0.879. The van der Waals surface area contributed by atoms with Gasteiger partial charge < -0.3 is 10.0 Å². The number of amides is 1. The zero-order valence-electron chi connectivity index (χ0n) is 12.3. The van der Waals surface area contributed by atoms with E-state index in [2.05, 4.69) is 10.1 Å². The van der Waals surface area contributed by atoms with E-state index < -0.39 is 37.4 Å². The van der Waals surface area contributed by atoms with E-state index in [1.54, 1.807) is 0 Å². The monoisotopic (exact) mass is 322 g/mol. The minimum absolute atomic E-state index is 0.188. The molecule has 122 valence electrons. The van der Waals surface area contributed by atoms with Crippen molar-refractivity contribution in [1.29, 1.82) is 0 Å². The number of aliphatic hydroxyl groups is 1. The first-order chi connectivity index (χ1) is 11.0. The van der Waals surface area contributed by atoms with Crippen LogP contribution < -0.4 is 0 Å². The average Bonchev–Trinajstić information content (AvgIpc) is 3.12. The van der Waals surface area contributed by atoms with Crippen molar-refractivity contribution in [2.24, 2.45) is 0 Å². The number of carbonyl (C=O) groups is 1. The highest BCUT2D eigenvalue weighted by Gasteiger charge is 2.46. The van der Waals surface area contributed by atoms with E-state index >= 15 is 0 Å². The smallest absolute Gasteiger partial charge is 0.267 e. The van der Waals surface area contributed by atoms with Crippen LogP contribution >= 0.6 is 0 Å². The van der Waals surface area contributed by atoms with Gasteiger partial charge in [0.15, 0.2) is 5.82 Å². The standard InChI is InChI=1S/C15H16F2N4O2/c16-15(17)6-12(8-22)21(9-15)13(23)7-20-10-18-14(19-20)11-4-2-1-3-5-11/h1-5,10,12,22H,6-9H2. The van der Waals surface area contributed by atoms with Crippen LogP contribution in [0.2, 0.25) is 0 Å². The Morgan fingerprint density at radius 2 is 2.09 bits per heavy atom. The van der Waals surface area contributed by atoms with Gasteiger partial charge in [-0.3, -0.25) is 4.79 Å². The normalized spacial score (nSPS) is 20.0. The predicted octanol–water partition coefficient (Wildman–Crippen LogP) is 1.17. The van der Waals surface area contributed by atoms with E-state index in [1.807, 2.05) is 30.3 Å². The van der Waals surface area contributed by atoms with E-state index in [4.69, 9.17) is 0 Å². The highest BCUT2D eigenvalue weighted by molar-refractivity contribution is 5.76. The van der Waals surface area contributed by atoms with Gasteiger partial charge in [-0.15, -0.1) is 0 Å². The largest absolute Gasteiger partial charge is 0.394 e. The summed E-state index contributed by atoms with van der Waals surface area (Å²) in [6.45, 7) is -1.34. The third-order valence-corrected chi connectivity index (χ3v) is 3.77. The zero-order valence-corrected chi connectivity index (χ0v) is 12.3. The maximum absolute atomic E-state index is 13.4. The molecule has 8 heteroatoms. The number of rotatable bonds is 4. The van der Waals surface area contributed by atoms with E-state index in [0.29, 0.717) is 5.82 Å². The van der Waals surface area contributed by atoms with Crippen molar-refractivity contribution in [1.82, 2.24) is 19.7 Å². The summed E-state index contributed by atoms with van der Waals surface area (Å²) in [5, 5.41) is 13.4. The molecule has 1 unspecified atom stereocenters. The number of halogens is 2. The highest BCUT2D eigenvalue weighted by Crippen LogP contribution is 2.31. The quantitative estimate of drug-likeness (QED) is 0.917. The van der Waals surface area contributed by atoms with Gasteiger partial charge in [0.05, 0.1) is 19.2 Å². The average molecular weight is 322 g/mol. The van der Waals surface area contributed by atoms with E-state index in [0.717, 1.165) is 10.5 Å². The Balaban J connectivity index is 1.70. The van der Waals surface area contributed by atoms with E-state index in [1.165, 1.54) is 11.0 Å². The number of nitrogens with zero attached hydrogens (tertiary/aromatic N) is 4. The Kier molecular flexibility index (Phi) is 4.08. The molecule has 0 aliphatic carbocycles. The Morgan fingerprint density at radius 1 is 1.35 bits per heavy atom. The molecule has 2 aromatic rings. The van der Waals surface area contributed by atoms with Crippen LogP contribution in [-0.4, -0.2) is 55.8 Å². The lowest BCUT2D eigenvalue weighted by Gasteiger charge is -2.21. The molecule has 1 N–H and O–H groups in total. The SMILES string of the molecule is O=C(Cn1cnc(-c2ccccc2)n1)N1CC(F)(F)CC1CO. The molecular formula is C15H16F2N4O2. The number of hydrogen-bond acceptors (Lipinski definition) is 4. The lowest BCUT2D eigenvalue weighted by atomic mass is 10.2. The topological polar surface area (TPSA) is 71.2 Å². The number of benzene rings is 1. The van der Waals surface area contributed by atoms with Crippen LogP contribution in [0.25, 0.3) is 11.4 Å². The number of likely N-dealkylation sites (tertiary alicyclic amines) is 1. The van der Waals surface area contributed by atoms with Crippen LogP contribution in [-0.2, 0) is 11.3 Å². The number of alkyl halides is 2. The summed E-state index contributed by atoms with van der Waals surface area (Å²) in [5.41, 5.74) is 0.805. The van der Waals surface area contributed by atoms with Gasteiger partial charge in [-0.25, -0.2) is 18.4 Å². The third-order valence-electron chi connectivity index (χ3n) is 3.77. The molecule has 0 spiro atoms. The molecule has 1 fully saturated rings. The molecule has 1 aliphatic rings. The number of aliphatic hydroxyl groups excluding tert-OH is 1. The Hall–Kier alpha value is -2.35. The van der Waals surface area contributed by atoms with Gasteiger partial charge in [0.25, 0.3) is 5.92 Å². The molecule has 6 nitrogen and oxygen atoms in total. The molecule has 23 heavy (non-hydrogen) atoms. The second-order valence-electron chi connectivity index (χ2n) is 5.55. The predicted molar refractivity (Wildman–Crippen MR) is 77.6 cm³/mol. The minimum atomic E-state index is -2.96. The Morgan fingerprint density at radius 3 is 2.78 bits per heavy atom. The summed E-state index contributed by atoms with van der Waals surface area (Å²) in [7, 11) is 0. The molecule has 1 aliphatic heterocycles. The molecule has 1 aromatic heterocycles. The summed E-state index contributed by atoms with van der Waals surface area (Å²) in [4.78, 5) is 17.3. The minimum Gasteiger partial charge on any atom is -0.394 e. The first kappa shape index (κ1) is 15.5. The van der Waals surface area contributed by atoms with Gasteiger partial charge in [-0.1, -0.05) is 30.3 Å². The fourth-order valence-electron chi connectivity index (χ4n) is 2.67. The summed E-state index contributed by atoms with van der Waals surface area (Å²) >= 11 is 0. The van der Waals surface area contributed by atoms with Crippen LogP contribution in [0.5, 0.6) is 0 Å². The van der Waals surface area contributed by atoms with Crippen LogP contribution in [0.4, 0.5) is 8.78 Å². The lowest BCUT2D eigenvalue weighted by molar-refractivity contribution is -0.134. The van der Waals surface area contributed by atoms with Crippen molar-refractivity contribution in [3.05, 3.63) is 36.7 Å². The molecule has 0 radical (unpaired) electrons. The van der Waals surface area contributed by atoms with Crippen molar-refractivity contribution in [3.8, 4) is 11.4 Å². The molecule has 1 aromatic carbocycles. The first-order valence-corrected chi connectivity index (χ1v) is 7.21. The van der Waals surface area contributed by atoms with Gasteiger partial charge in [0.2, 0.25) is 5.91 Å². The lowest BCUT2D eigenvalue weighted by Crippen LogP contribution is -2.40. The molecule has 1 saturated heterocycles. The van der Waals surface area contributed by atoms with Crippen molar-refractivity contribution in [3.63, 3.8) is 0 Å². The summed E-state index contributed by atoms with van der Waals surface area (Å²) in [6, 6.07) is 8.38. The molecule has 0 saturated carbocycles. The van der Waals surface area contributed by atoms with E-state index in [9.17, 15) is 18.7 Å². The first-order valence-electron chi connectivity index (χ1n) is 7.21. The van der Waals surface area contributed by atoms with Crippen LogP contribution in [0.1, 0.15) is 6.42 Å². The highest BCUT2D eigenvalue weighted by atomic mass is 19.3. The number of hydrogen-bond donors (Lipinski definition) is 1. The molecule has 1 amide bonds. The van der Waals surface area contributed by atoms with Crippen molar-refractivity contribution in [2.45, 2.75) is 24.9 Å². The molecule has 2 heterocycles. The Labute approximate surface area is 131 Å². The van der Waals surface area contributed by atoms with Gasteiger partial charge in [-0.05, 0) is 0 Å². The fourth-order valence-corrected chi connectivity index (χ4v) is 2.67. The maximum atomic E-state index is 13.4. The maximum Gasteiger partial charge on any atom is 0.267 e. The molecule has 3 rings (SSSR count). The Bertz CT molecular complexity index is 690. The van der Waals surface area contributed by atoms with Crippen LogP contribution in [0.3, 0.4) is 0 Å². The van der Waals surface area contributed by atoms with Crippen LogP contribution in [0.15, 0.2) is 36.7 Å². The number of aromatic nitrogens is 3. The van der Waals surface area contributed by atoms with Gasteiger partial charge >= 0.3 is 0 Å². The van der Waals surface area contributed by atoms with Crippen molar-refractivity contribution in [2.75, 3.05) is 13.2 Å². The van der Waals surface area contributed by atoms with Crippen molar-refractivity contribution < 1.29 is 18.7 Å². The van der Waals surface area contributed by atoms with Gasteiger partial charge in [-0.2, -0.15) is 5.10 Å². The fraction of sp³-hybridized carbons (Fsp3) is 0.400. The van der Waals surface area contributed by atoms with Gasteiger partial charge in [0, 0.05) is 12.0 Å². The van der Waals surface area contributed by atoms with E-state index in [-0.39, 0.29) is 6.54 Å². The molecule has 0 bridgehead atoms. The third kappa shape index (κ3) is 3.37. The second kappa shape index (κ2) is 6.04. The van der Waals surface area contributed by atoms with Crippen LogP contribution in [0, 0.1) is 0 Å². The summed E-state index contributed by atoms with van der Waals surface area (Å²) < 4.78 is 28.1. The number of carbonyl (C=O) groups excluding carboxylic acids is 1.